The van der Waals surface area contributed by atoms with Crippen molar-refractivity contribution in [2.24, 2.45) is 5.92 Å². The highest BCUT2D eigenvalue weighted by atomic mass is 19.1. The Morgan fingerprint density at radius 3 is 2.10 bits per heavy atom. The molecule has 0 amide bonds. The lowest BCUT2D eigenvalue weighted by molar-refractivity contribution is 0.0468. The van der Waals surface area contributed by atoms with Crippen LogP contribution in [0.2, 0.25) is 0 Å². The number of ether oxygens (including phenoxy) is 2. The molecule has 1 atom stereocenters. The number of Topliss-reactive ketones (excluding diaryl/α,β-unsaturated/α-hetero) is 1. The van der Waals surface area contributed by atoms with Gasteiger partial charge in [-0.25, -0.2) is 22.4 Å². The highest BCUT2D eigenvalue weighted by Crippen LogP contribution is 2.31. The monoisotopic (exact) mass is 548 g/mol. The maximum atomic E-state index is 13.9. The van der Waals surface area contributed by atoms with Gasteiger partial charge in [-0.05, 0) is 97.1 Å². The van der Waals surface area contributed by atoms with E-state index in [2.05, 4.69) is 0 Å². The average Bonchev–Trinajstić information content (AvgIpc) is 2.95. The zero-order valence-corrected chi connectivity index (χ0v) is 21.3. The maximum absolute atomic E-state index is 13.9. The van der Waals surface area contributed by atoms with Crippen LogP contribution in [0.15, 0.2) is 78.9 Å². The van der Waals surface area contributed by atoms with Crippen molar-refractivity contribution in [3.63, 3.8) is 0 Å². The van der Waals surface area contributed by atoms with Gasteiger partial charge < -0.3 is 9.47 Å². The Hall–Kier alpha value is -4.46. The predicted molar refractivity (Wildman–Crippen MR) is 139 cm³/mol. The molecule has 1 aliphatic rings. The molecule has 0 aliphatic heterocycles. The van der Waals surface area contributed by atoms with Gasteiger partial charge in [-0.3, -0.25) is 4.79 Å². The maximum Gasteiger partial charge on any atom is 0.338 e. The summed E-state index contributed by atoms with van der Waals surface area (Å²) in [5.41, 5.74) is 2.61. The number of hydrogen-bond acceptors (Lipinski definition) is 4. The number of aryl methyl sites for hydroxylation is 1. The van der Waals surface area contributed by atoms with Gasteiger partial charge in [0.25, 0.3) is 0 Å². The Bertz CT molecular complexity index is 1570. The molecule has 0 bridgehead atoms. The van der Waals surface area contributed by atoms with E-state index in [1.54, 1.807) is 42.5 Å². The van der Waals surface area contributed by atoms with Gasteiger partial charge in [0.2, 0.25) is 0 Å². The van der Waals surface area contributed by atoms with Gasteiger partial charge in [0.15, 0.2) is 5.78 Å². The first kappa shape index (κ1) is 27.1. The molecule has 0 heterocycles. The fraction of sp³-hybridized carbons (Fsp3) is 0.188. The molecule has 4 aromatic carbocycles. The zero-order chi connectivity index (χ0) is 28.2. The van der Waals surface area contributed by atoms with Crippen molar-refractivity contribution in [1.29, 1.82) is 0 Å². The first-order valence-electron chi connectivity index (χ1n) is 12.7. The van der Waals surface area contributed by atoms with Crippen LogP contribution in [-0.4, -0.2) is 11.8 Å². The Labute approximate surface area is 228 Å². The van der Waals surface area contributed by atoms with E-state index >= 15 is 0 Å². The van der Waals surface area contributed by atoms with E-state index in [4.69, 9.17) is 9.47 Å². The second-order valence-corrected chi connectivity index (χ2v) is 9.66. The number of ketones is 1. The summed E-state index contributed by atoms with van der Waals surface area (Å²) in [4.78, 5) is 25.5. The topological polar surface area (TPSA) is 52.6 Å². The number of benzene rings is 4. The molecule has 0 saturated heterocycles. The van der Waals surface area contributed by atoms with Crippen molar-refractivity contribution in [2.75, 3.05) is 0 Å². The summed E-state index contributed by atoms with van der Waals surface area (Å²) >= 11 is 0. The molecule has 204 valence electrons. The predicted octanol–water partition coefficient (Wildman–Crippen LogP) is 7.17. The van der Waals surface area contributed by atoms with E-state index in [9.17, 15) is 27.2 Å². The van der Waals surface area contributed by atoms with Crippen molar-refractivity contribution in [3.05, 3.63) is 136 Å². The summed E-state index contributed by atoms with van der Waals surface area (Å²) in [5, 5.41) is 0. The minimum absolute atomic E-state index is 0.00424. The molecule has 1 aliphatic carbocycles. The summed E-state index contributed by atoms with van der Waals surface area (Å²) in [7, 11) is 0. The van der Waals surface area contributed by atoms with Crippen molar-refractivity contribution < 1.29 is 36.6 Å². The van der Waals surface area contributed by atoms with Crippen LogP contribution in [0.25, 0.3) is 0 Å². The van der Waals surface area contributed by atoms with Crippen LogP contribution in [0.4, 0.5) is 17.6 Å². The van der Waals surface area contributed by atoms with Crippen LogP contribution >= 0.6 is 0 Å². The van der Waals surface area contributed by atoms with E-state index in [0.29, 0.717) is 30.6 Å². The van der Waals surface area contributed by atoms with Crippen LogP contribution in [-0.2, 0) is 30.8 Å². The molecule has 0 aromatic heterocycles. The molecule has 40 heavy (non-hydrogen) atoms. The van der Waals surface area contributed by atoms with Crippen molar-refractivity contribution in [3.8, 4) is 5.75 Å². The summed E-state index contributed by atoms with van der Waals surface area (Å²) in [6.07, 6.45) is 1.76. The number of halogens is 4. The molecule has 5 rings (SSSR count). The van der Waals surface area contributed by atoms with Gasteiger partial charge in [0, 0.05) is 22.6 Å². The minimum atomic E-state index is -0.670. The third-order valence-corrected chi connectivity index (χ3v) is 6.92. The Morgan fingerprint density at radius 2 is 1.43 bits per heavy atom. The molecular weight excluding hydrogens is 524 g/mol. The van der Waals surface area contributed by atoms with Crippen molar-refractivity contribution >= 4 is 11.8 Å². The van der Waals surface area contributed by atoms with Gasteiger partial charge in [0.1, 0.15) is 42.2 Å². The molecule has 0 N–H and O–H groups in total. The lowest BCUT2D eigenvalue weighted by Crippen LogP contribution is -2.24. The van der Waals surface area contributed by atoms with E-state index in [-0.39, 0.29) is 35.0 Å². The normalized spacial score (nSPS) is 14.5. The van der Waals surface area contributed by atoms with Gasteiger partial charge >= 0.3 is 5.97 Å². The molecule has 0 spiro atoms. The van der Waals surface area contributed by atoms with Crippen LogP contribution in [0.3, 0.4) is 0 Å². The summed E-state index contributed by atoms with van der Waals surface area (Å²) in [6, 6.07) is 17.9. The second kappa shape index (κ2) is 11.7. The molecule has 0 saturated carbocycles. The van der Waals surface area contributed by atoms with Gasteiger partial charge in [-0.15, -0.1) is 0 Å². The third-order valence-electron chi connectivity index (χ3n) is 6.92. The highest BCUT2D eigenvalue weighted by molar-refractivity contribution is 6.00. The number of carbonyl (C=O) groups excluding carboxylic acids is 2. The molecular formula is C32H24F4O4. The molecule has 4 nitrogen and oxygen atoms in total. The Kier molecular flexibility index (Phi) is 7.96. The number of rotatable bonds is 8. The quantitative estimate of drug-likeness (QED) is 0.173. The van der Waals surface area contributed by atoms with Crippen LogP contribution < -0.4 is 4.74 Å². The number of hydrogen-bond donors (Lipinski definition) is 0. The van der Waals surface area contributed by atoms with E-state index in [1.807, 2.05) is 0 Å². The van der Waals surface area contributed by atoms with Crippen LogP contribution in [0.5, 0.6) is 5.75 Å². The van der Waals surface area contributed by atoms with Crippen LogP contribution in [0.1, 0.15) is 49.4 Å². The molecule has 1 unspecified atom stereocenters. The average molecular weight is 549 g/mol. The summed E-state index contributed by atoms with van der Waals surface area (Å²) in [5.74, 6) is -2.82. The first-order valence-corrected chi connectivity index (χ1v) is 12.7. The number of carbonyl (C=O) groups is 2. The Morgan fingerprint density at radius 1 is 0.775 bits per heavy atom. The third kappa shape index (κ3) is 6.22. The van der Waals surface area contributed by atoms with Gasteiger partial charge in [0.05, 0.1) is 5.56 Å². The lowest BCUT2D eigenvalue weighted by Gasteiger charge is -2.24. The summed E-state index contributed by atoms with van der Waals surface area (Å²) < 4.78 is 65.1. The minimum Gasteiger partial charge on any atom is -0.489 e. The SMILES string of the molecule is O=C(OCc1cc(F)ccc1F)c1ccc(CC2CCc3cc(OCc4cc(F)ccc4F)ccc3C2=O)cc1. The smallest absolute Gasteiger partial charge is 0.338 e. The second-order valence-electron chi connectivity index (χ2n) is 9.66. The van der Waals surface area contributed by atoms with Crippen molar-refractivity contribution in [1.82, 2.24) is 0 Å². The molecule has 0 radical (unpaired) electrons. The number of esters is 1. The standard InChI is InChI=1S/C32H24F4O4/c33-25-7-11-29(35)23(14-25)17-39-27-9-10-28-21(16-27)5-6-22(31(28)37)13-19-1-3-20(4-2-19)32(38)40-18-24-15-26(34)8-12-30(24)36/h1-4,7-12,14-16,22H,5-6,13,17-18H2. The zero-order valence-electron chi connectivity index (χ0n) is 21.3. The van der Waals surface area contributed by atoms with Gasteiger partial charge in [-0.2, -0.15) is 0 Å². The largest absolute Gasteiger partial charge is 0.489 e. The highest BCUT2D eigenvalue weighted by Gasteiger charge is 2.28. The fourth-order valence-corrected chi connectivity index (χ4v) is 4.74. The number of fused-ring (bicyclic) bond motifs is 1. The van der Waals surface area contributed by atoms with Gasteiger partial charge in [-0.1, -0.05) is 12.1 Å². The Balaban J connectivity index is 1.17. The van der Waals surface area contributed by atoms with Crippen molar-refractivity contribution in [2.45, 2.75) is 32.5 Å². The first-order chi connectivity index (χ1) is 19.3. The molecule has 0 fully saturated rings. The fourth-order valence-electron chi connectivity index (χ4n) is 4.74. The van der Waals surface area contributed by atoms with E-state index in [0.717, 1.165) is 47.5 Å². The van der Waals surface area contributed by atoms with E-state index < -0.39 is 35.8 Å². The summed E-state index contributed by atoms with van der Waals surface area (Å²) in [6.45, 7) is -0.529. The molecule has 8 heteroatoms. The van der Waals surface area contributed by atoms with E-state index in [1.165, 1.54) is 0 Å². The van der Waals surface area contributed by atoms with Crippen LogP contribution in [0, 0.1) is 29.2 Å². The molecule has 4 aromatic rings. The lowest BCUT2D eigenvalue weighted by atomic mass is 9.79.